The Labute approximate surface area is 115 Å². The van der Waals surface area contributed by atoms with Crippen LogP contribution in [-0.4, -0.2) is 25.8 Å². The second kappa shape index (κ2) is 4.94. The van der Waals surface area contributed by atoms with Gasteiger partial charge in [-0.15, -0.1) is 0 Å². The highest BCUT2D eigenvalue weighted by molar-refractivity contribution is 7.89. The SMILES string of the molecule is O=S(=O)(c1ccc(Cl)c(Cl)c1Cl)N1CCCC1. The van der Waals surface area contributed by atoms with Gasteiger partial charge in [0.05, 0.1) is 15.1 Å². The van der Waals surface area contributed by atoms with Crippen LogP contribution in [0.2, 0.25) is 15.1 Å². The van der Waals surface area contributed by atoms with Crippen molar-refractivity contribution < 1.29 is 8.42 Å². The standard InChI is InChI=1S/C10H10Cl3NO2S/c11-7-3-4-8(10(13)9(7)12)17(15,16)14-5-1-2-6-14/h3-4H,1-2,5-6H2. The molecule has 94 valence electrons. The highest BCUT2D eigenvalue weighted by atomic mass is 35.5. The Kier molecular flexibility index (Phi) is 3.90. The maximum atomic E-state index is 12.3. The van der Waals surface area contributed by atoms with E-state index in [1.807, 2.05) is 0 Å². The van der Waals surface area contributed by atoms with Gasteiger partial charge in [0.15, 0.2) is 0 Å². The fraction of sp³-hybridized carbons (Fsp3) is 0.400. The van der Waals surface area contributed by atoms with Gasteiger partial charge in [0, 0.05) is 13.1 Å². The van der Waals surface area contributed by atoms with E-state index in [9.17, 15) is 8.42 Å². The Bertz CT molecular complexity index is 539. The van der Waals surface area contributed by atoms with E-state index in [2.05, 4.69) is 0 Å². The average molecular weight is 315 g/mol. The molecule has 1 heterocycles. The van der Waals surface area contributed by atoms with Crippen LogP contribution in [-0.2, 0) is 10.0 Å². The summed E-state index contributed by atoms with van der Waals surface area (Å²) < 4.78 is 25.9. The highest BCUT2D eigenvalue weighted by Crippen LogP contribution is 2.36. The summed E-state index contributed by atoms with van der Waals surface area (Å²) in [6.07, 6.45) is 1.75. The van der Waals surface area contributed by atoms with E-state index in [0.717, 1.165) is 12.8 Å². The first kappa shape index (κ1) is 13.4. The zero-order valence-electron chi connectivity index (χ0n) is 8.79. The zero-order chi connectivity index (χ0) is 12.6. The lowest BCUT2D eigenvalue weighted by Crippen LogP contribution is -2.28. The molecule has 0 radical (unpaired) electrons. The molecule has 0 unspecified atom stereocenters. The summed E-state index contributed by atoms with van der Waals surface area (Å²) in [5.74, 6) is 0. The Balaban J connectivity index is 2.50. The third-order valence-corrected chi connectivity index (χ3v) is 6.03. The second-order valence-corrected chi connectivity index (χ2v) is 6.85. The summed E-state index contributed by atoms with van der Waals surface area (Å²) in [7, 11) is -3.55. The van der Waals surface area contributed by atoms with Crippen molar-refractivity contribution in [2.75, 3.05) is 13.1 Å². The molecule has 17 heavy (non-hydrogen) atoms. The van der Waals surface area contributed by atoms with E-state index < -0.39 is 10.0 Å². The number of benzene rings is 1. The molecule has 0 N–H and O–H groups in total. The molecule has 0 spiro atoms. The summed E-state index contributed by atoms with van der Waals surface area (Å²) in [5, 5.41) is 0.316. The molecule has 3 nitrogen and oxygen atoms in total. The maximum Gasteiger partial charge on any atom is 0.244 e. The summed E-state index contributed by atoms with van der Waals surface area (Å²) in [6.45, 7) is 1.05. The molecule has 0 aliphatic carbocycles. The van der Waals surface area contributed by atoms with E-state index in [1.54, 1.807) is 0 Å². The first-order valence-corrected chi connectivity index (χ1v) is 7.65. The Morgan fingerprint density at radius 3 is 2.18 bits per heavy atom. The van der Waals surface area contributed by atoms with Crippen molar-refractivity contribution in [3.05, 3.63) is 27.2 Å². The molecule has 0 amide bonds. The van der Waals surface area contributed by atoms with E-state index in [-0.39, 0.29) is 20.0 Å². The number of hydrogen-bond acceptors (Lipinski definition) is 2. The number of halogens is 3. The third kappa shape index (κ3) is 2.42. The normalized spacial score (nSPS) is 17.6. The summed E-state index contributed by atoms with van der Waals surface area (Å²) in [5.41, 5.74) is 0. The molecule has 2 rings (SSSR count). The lowest BCUT2D eigenvalue weighted by atomic mass is 10.4. The van der Waals surface area contributed by atoms with Crippen LogP contribution in [0.1, 0.15) is 12.8 Å². The molecule has 0 atom stereocenters. The minimum absolute atomic E-state index is 0.00827. The number of nitrogens with zero attached hydrogens (tertiary/aromatic N) is 1. The Morgan fingerprint density at radius 1 is 1.00 bits per heavy atom. The minimum Gasteiger partial charge on any atom is -0.207 e. The number of sulfonamides is 1. The van der Waals surface area contributed by atoms with E-state index >= 15 is 0 Å². The van der Waals surface area contributed by atoms with Crippen molar-refractivity contribution >= 4 is 44.8 Å². The first-order chi connectivity index (χ1) is 7.94. The molecular formula is C10H10Cl3NO2S. The van der Waals surface area contributed by atoms with Crippen molar-refractivity contribution in [2.45, 2.75) is 17.7 Å². The molecule has 0 bridgehead atoms. The van der Waals surface area contributed by atoms with Crippen molar-refractivity contribution in [1.82, 2.24) is 4.31 Å². The van der Waals surface area contributed by atoms with Gasteiger partial charge in [-0.1, -0.05) is 34.8 Å². The van der Waals surface area contributed by atoms with Gasteiger partial charge in [-0.05, 0) is 25.0 Å². The quantitative estimate of drug-likeness (QED) is 0.784. The van der Waals surface area contributed by atoms with Gasteiger partial charge in [-0.2, -0.15) is 4.31 Å². The van der Waals surface area contributed by atoms with Crippen LogP contribution >= 0.6 is 34.8 Å². The molecule has 1 fully saturated rings. The van der Waals surface area contributed by atoms with Crippen LogP contribution in [0, 0.1) is 0 Å². The van der Waals surface area contributed by atoms with Crippen LogP contribution in [0.15, 0.2) is 17.0 Å². The molecule has 0 saturated carbocycles. The molecule has 0 aromatic heterocycles. The Morgan fingerprint density at radius 2 is 1.59 bits per heavy atom. The lowest BCUT2D eigenvalue weighted by Gasteiger charge is -2.17. The van der Waals surface area contributed by atoms with Crippen LogP contribution in [0.25, 0.3) is 0 Å². The van der Waals surface area contributed by atoms with Gasteiger partial charge < -0.3 is 0 Å². The van der Waals surface area contributed by atoms with Gasteiger partial charge in [0.2, 0.25) is 10.0 Å². The fourth-order valence-electron chi connectivity index (χ4n) is 1.77. The van der Waals surface area contributed by atoms with E-state index in [4.69, 9.17) is 34.8 Å². The van der Waals surface area contributed by atoms with Crippen molar-refractivity contribution in [3.63, 3.8) is 0 Å². The van der Waals surface area contributed by atoms with Crippen LogP contribution in [0.5, 0.6) is 0 Å². The van der Waals surface area contributed by atoms with Gasteiger partial charge in [-0.25, -0.2) is 8.42 Å². The molecular weight excluding hydrogens is 305 g/mol. The minimum atomic E-state index is -3.55. The predicted octanol–water partition coefficient (Wildman–Crippen LogP) is 3.43. The summed E-state index contributed by atoms with van der Waals surface area (Å²) in [6, 6.07) is 2.84. The smallest absolute Gasteiger partial charge is 0.207 e. The van der Waals surface area contributed by atoms with Crippen LogP contribution in [0.3, 0.4) is 0 Å². The molecule has 1 aromatic rings. The predicted molar refractivity (Wildman–Crippen MR) is 69.5 cm³/mol. The monoisotopic (exact) mass is 313 g/mol. The van der Waals surface area contributed by atoms with Gasteiger partial charge in [0.25, 0.3) is 0 Å². The third-order valence-electron chi connectivity index (χ3n) is 2.68. The van der Waals surface area contributed by atoms with E-state index in [1.165, 1.54) is 16.4 Å². The summed E-state index contributed by atoms with van der Waals surface area (Å²) in [4.78, 5) is 0.0236. The van der Waals surface area contributed by atoms with Crippen LogP contribution < -0.4 is 0 Å². The fourth-order valence-corrected chi connectivity index (χ4v) is 4.24. The number of hydrogen-bond donors (Lipinski definition) is 0. The maximum absolute atomic E-state index is 12.3. The molecule has 1 aliphatic heterocycles. The topological polar surface area (TPSA) is 37.4 Å². The second-order valence-electron chi connectivity index (χ2n) is 3.78. The largest absolute Gasteiger partial charge is 0.244 e. The zero-order valence-corrected chi connectivity index (χ0v) is 11.9. The average Bonchev–Trinajstić information content (AvgIpc) is 2.79. The highest BCUT2D eigenvalue weighted by Gasteiger charge is 2.30. The Hall–Kier alpha value is -0.000000000000000132. The van der Waals surface area contributed by atoms with Gasteiger partial charge in [-0.3, -0.25) is 0 Å². The van der Waals surface area contributed by atoms with Crippen molar-refractivity contribution in [1.29, 1.82) is 0 Å². The van der Waals surface area contributed by atoms with Crippen molar-refractivity contribution in [2.24, 2.45) is 0 Å². The van der Waals surface area contributed by atoms with Gasteiger partial charge >= 0.3 is 0 Å². The molecule has 7 heteroatoms. The van der Waals surface area contributed by atoms with Gasteiger partial charge in [0.1, 0.15) is 4.90 Å². The molecule has 1 saturated heterocycles. The molecule has 1 aliphatic rings. The van der Waals surface area contributed by atoms with Crippen LogP contribution in [0.4, 0.5) is 0 Å². The number of rotatable bonds is 2. The molecule has 1 aromatic carbocycles. The lowest BCUT2D eigenvalue weighted by molar-refractivity contribution is 0.477. The summed E-state index contributed by atoms with van der Waals surface area (Å²) >= 11 is 17.6. The first-order valence-electron chi connectivity index (χ1n) is 5.08. The van der Waals surface area contributed by atoms with E-state index in [0.29, 0.717) is 13.1 Å². The van der Waals surface area contributed by atoms with Crippen molar-refractivity contribution in [3.8, 4) is 0 Å².